The minimum absolute atomic E-state index is 0.00716. The van der Waals surface area contributed by atoms with Gasteiger partial charge in [0.15, 0.2) is 0 Å². The van der Waals surface area contributed by atoms with Crippen LogP contribution in [0.2, 0.25) is 0 Å². The van der Waals surface area contributed by atoms with Gasteiger partial charge in [0, 0.05) is 11.2 Å². The summed E-state index contributed by atoms with van der Waals surface area (Å²) in [5, 5.41) is 2.86. The van der Waals surface area contributed by atoms with Gasteiger partial charge in [0.25, 0.3) is 15.6 Å². The smallest absolute Gasteiger partial charge is 0.275 e. The lowest BCUT2D eigenvalue weighted by atomic mass is 10.0. The van der Waals surface area contributed by atoms with Crippen molar-refractivity contribution in [2.75, 3.05) is 11.8 Å². The van der Waals surface area contributed by atoms with Crippen LogP contribution in [0.25, 0.3) is 0 Å². The Balaban J connectivity index is 2.29. The first-order valence-corrected chi connectivity index (χ1v) is 10.7. The number of pyridine rings is 1. The van der Waals surface area contributed by atoms with Crippen LogP contribution in [0.5, 0.6) is 5.75 Å². The molecule has 1 aromatic carbocycles. The van der Waals surface area contributed by atoms with Crippen molar-refractivity contribution in [1.82, 2.24) is 9.88 Å². The molecule has 2 rings (SSSR count). The van der Waals surface area contributed by atoms with Gasteiger partial charge in [0.1, 0.15) is 18.0 Å². The highest BCUT2D eigenvalue weighted by atomic mass is 32.2. The number of aryl methyl sites for hydroxylation is 1. The van der Waals surface area contributed by atoms with E-state index < -0.39 is 21.1 Å². The summed E-state index contributed by atoms with van der Waals surface area (Å²) in [5.74, 6) is 0.194. The van der Waals surface area contributed by atoms with Crippen molar-refractivity contribution in [3.05, 3.63) is 52.4 Å². The van der Waals surface area contributed by atoms with Gasteiger partial charge in [-0.3, -0.25) is 14.3 Å². The Labute approximate surface area is 170 Å². The van der Waals surface area contributed by atoms with Crippen LogP contribution < -0.4 is 20.3 Å². The number of carbonyl (C=O) groups excluding carboxylic acids is 1. The van der Waals surface area contributed by atoms with E-state index in [1.807, 2.05) is 20.8 Å². The molecule has 0 spiro atoms. The van der Waals surface area contributed by atoms with E-state index in [-0.39, 0.29) is 23.0 Å². The molecule has 2 N–H and O–H groups in total. The lowest BCUT2D eigenvalue weighted by Gasteiger charge is -2.25. The number of carbonyl (C=O) groups is 1. The van der Waals surface area contributed by atoms with Crippen LogP contribution in [0, 0.1) is 6.92 Å². The average Bonchev–Trinajstić information content (AvgIpc) is 2.67. The minimum atomic E-state index is -3.97. The molecule has 1 heterocycles. The van der Waals surface area contributed by atoms with Crippen molar-refractivity contribution in [3.8, 4) is 5.75 Å². The van der Waals surface area contributed by atoms with Crippen LogP contribution in [0.1, 0.15) is 32.9 Å². The highest BCUT2D eigenvalue weighted by Crippen LogP contribution is 2.18. The standard InChI is InChI=1S/C20H27N3O5S/c1-6-20(3,4)21-18(24)13-23-14(2)7-12-17(19(23)25)22-29(26,27)16-10-8-15(28-5)9-11-16/h7-12,22H,6,13H2,1-5H3,(H,21,24). The number of sulfonamides is 1. The summed E-state index contributed by atoms with van der Waals surface area (Å²) >= 11 is 0. The van der Waals surface area contributed by atoms with Gasteiger partial charge in [0.05, 0.1) is 12.0 Å². The van der Waals surface area contributed by atoms with Crippen molar-refractivity contribution in [2.24, 2.45) is 0 Å². The molecule has 29 heavy (non-hydrogen) atoms. The molecule has 1 amide bonds. The third kappa shape index (κ3) is 5.60. The Morgan fingerprint density at radius 1 is 1.14 bits per heavy atom. The third-order valence-electron chi connectivity index (χ3n) is 4.67. The number of hydrogen-bond donors (Lipinski definition) is 2. The van der Waals surface area contributed by atoms with E-state index in [4.69, 9.17) is 4.74 Å². The summed E-state index contributed by atoms with van der Waals surface area (Å²) in [7, 11) is -2.49. The first-order chi connectivity index (χ1) is 13.5. The number of benzene rings is 1. The maximum absolute atomic E-state index is 12.8. The number of ether oxygens (including phenoxy) is 1. The first-order valence-electron chi connectivity index (χ1n) is 9.17. The normalized spacial score (nSPS) is 11.8. The molecule has 0 unspecified atom stereocenters. The zero-order valence-electron chi connectivity index (χ0n) is 17.3. The summed E-state index contributed by atoms with van der Waals surface area (Å²) in [6.45, 7) is 7.21. The van der Waals surface area contributed by atoms with Crippen LogP contribution >= 0.6 is 0 Å². The van der Waals surface area contributed by atoms with E-state index in [0.717, 1.165) is 6.42 Å². The second-order valence-electron chi connectivity index (χ2n) is 7.35. The van der Waals surface area contributed by atoms with Gasteiger partial charge in [-0.05, 0) is 63.6 Å². The molecular weight excluding hydrogens is 394 g/mol. The molecule has 0 radical (unpaired) electrons. The van der Waals surface area contributed by atoms with Gasteiger partial charge >= 0.3 is 0 Å². The van der Waals surface area contributed by atoms with Crippen LogP contribution in [-0.4, -0.2) is 31.5 Å². The van der Waals surface area contributed by atoms with E-state index in [2.05, 4.69) is 10.0 Å². The van der Waals surface area contributed by atoms with Crippen molar-refractivity contribution >= 4 is 21.6 Å². The Morgan fingerprint density at radius 2 is 1.76 bits per heavy atom. The molecule has 8 nitrogen and oxygen atoms in total. The summed E-state index contributed by atoms with van der Waals surface area (Å²) in [6.07, 6.45) is 0.730. The van der Waals surface area contributed by atoms with Crippen LogP contribution in [-0.2, 0) is 21.4 Å². The highest BCUT2D eigenvalue weighted by molar-refractivity contribution is 7.92. The maximum Gasteiger partial charge on any atom is 0.275 e. The number of hydrogen-bond acceptors (Lipinski definition) is 5. The summed E-state index contributed by atoms with van der Waals surface area (Å²) < 4.78 is 33.8. The molecule has 158 valence electrons. The Hall–Kier alpha value is -2.81. The number of aromatic nitrogens is 1. The predicted molar refractivity (Wildman–Crippen MR) is 112 cm³/mol. The summed E-state index contributed by atoms with van der Waals surface area (Å²) in [4.78, 5) is 25.1. The van der Waals surface area contributed by atoms with Gasteiger partial charge in [-0.2, -0.15) is 0 Å². The van der Waals surface area contributed by atoms with Gasteiger partial charge in [-0.1, -0.05) is 6.92 Å². The van der Waals surface area contributed by atoms with E-state index >= 15 is 0 Å². The predicted octanol–water partition coefficient (Wildman–Crippen LogP) is 2.27. The van der Waals surface area contributed by atoms with Crippen LogP contribution in [0.4, 0.5) is 5.69 Å². The Bertz CT molecular complexity index is 1040. The van der Waals surface area contributed by atoms with E-state index in [1.54, 1.807) is 13.0 Å². The summed E-state index contributed by atoms with van der Waals surface area (Å²) in [6, 6.07) is 8.78. The number of nitrogens with zero attached hydrogens (tertiary/aromatic N) is 1. The molecular formula is C20H27N3O5S. The zero-order chi connectivity index (χ0) is 21.8. The Kier molecular flexibility index (Phi) is 6.73. The fourth-order valence-corrected chi connectivity index (χ4v) is 3.61. The quantitative estimate of drug-likeness (QED) is 0.680. The topological polar surface area (TPSA) is 106 Å². The maximum atomic E-state index is 12.8. The van der Waals surface area contributed by atoms with Crippen molar-refractivity contribution in [1.29, 1.82) is 0 Å². The summed E-state index contributed by atoms with van der Waals surface area (Å²) in [5.41, 5.74) is -0.574. The van der Waals surface area contributed by atoms with Gasteiger partial charge < -0.3 is 14.6 Å². The molecule has 0 aliphatic rings. The number of nitrogens with one attached hydrogen (secondary N) is 2. The van der Waals surface area contributed by atoms with Gasteiger partial charge in [-0.15, -0.1) is 0 Å². The van der Waals surface area contributed by atoms with E-state index in [9.17, 15) is 18.0 Å². The monoisotopic (exact) mass is 421 g/mol. The lowest BCUT2D eigenvalue weighted by Crippen LogP contribution is -2.45. The molecule has 0 saturated carbocycles. The van der Waals surface area contributed by atoms with Gasteiger partial charge in [-0.25, -0.2) is 8.42 Å². The minimum Gasteiger partial charge on any atom is -0.497 e. The number of rotatable bonds is 8. The zero-order valence-corrected chi connectivity index (χ0v) is 18.1. The SMILES string of the molecule is CCC(C)(C)NC(=O)Cn1c(C)ccc(NS(=O)(=O)c2ccc(OC)cc2)c1=O. The van der Waals surface area contributed by atoms with E-state index in [0.29, 0.717) is 11.4 Å². The third-order valence-corrected chi connectivity index (χ3v) is 6.05. The van der Waals surface area contributed by atoms with Crippen molar-refractivity contribution < 1.29 is 17.9 Å². The number of amides is 1. The Morgan fingerprint density at radius 3 is 2.31 bits per heavy atom. The number of methoxy groups -OCH3 is 1. The fourth-order valence-electron chi connectivity index (χ4n) is 2.55. The number of anilines is 1. The highest BCUT2D eigenvalue weighted by Gasteiger charge is 2.21. The molecule has 0 aliphatic carbocycles. The molecule has 0 atom stereocenters. The molecule has 9 heteroatoms. The average molecular weight is 422 g/mol. The molecule has 0 bridgehead atoms. The largest absolute Gasteiger partial charge is 0.497 e. The second-order valence-corrected chi connectivity index (χ2v) is 9.03. The van der Waals surface area contributed by atoms with Crippen LogP contribution in [0.15, 0.2) is 46.1 Å². The molecule has 2 aromatic rings. The molecule has 0 saturated heterocycles. The van der Waals surface area contributed by atoms with E-state index in [1.165, 1.54) is 42.0 Å². The molecule has 0 fully saturated rings. The lowest BCUT2D eigenvalue weighted by molar-refractivity contribution is -0.123. The first kappa shape index (κ1) is 22.5. The second kappa shape index (κ2) is 8.69. The van der Waals surface area contributed by atoms with Gasteiger partial charge in [0.2, 0.25) is 5.91 Å². The molecule has 0 aliphatic heterocycles. The molecule has 1 aromatic heterocycles. The van der Waals surface area contributed by atoms with Crippen molar-refractivity contribution in [2.45, 2.75) is 51.1 Å². The van der Waals surface area contributed by atoms with Crippen LogP contribution in [0.3, 0.4) is 0 Å². The van der Waals surface area contributed by atoms with Crippen molar-refractivity contribution in [3.63, 3.8) is 0 Å². The fraction of sp³-hybridized carbons (Fsp3) is 0.400.